The molecule has 1 unspecified atom stereocenters. The number of nitrogens with one attached hydrogen (secondary N) is 1. The van der Waals surface area contributed by atoms with Crippen molar-refractivity contribution in [3.8, 4) is 5.75 Å². The van der Waals surface area contributed by atoms with Crippen LogP contribution in [0.2, 0.25) is 0 Å². The lowest BCUT2D eigenvalue weighted by molar-refractivity contribution is -0.122. The monoisotopic (exact) mass is 375 g/mol. The number of aromatic hydroxyl groups is 1. The first-order chi connectivity index (χ1) is 13.4. The zero-order valence-corrected chi connectivity index (χ0v) is 17.1. The molecule has 3 aromatic carbocycles. The highest BCUT2D eigenvalue weighted by Gasteiger charge is 2.23. The summed E-state index contributed by atoms with van der Waals surface area (Å²) in [6, 6.07) is 19.5. The topological polar surface area (TPSA) is 49.3 Å². The lowest BCUT2D eigenvalue weighted by atomic mass is 9.91. The van der Waals surface area contributed by atoms with Crippen LogP contribution in [-0.2, 0) is 4.79 Å². The third kappa shape index (κ3) is 4.36. The van der Waals surface area contributed by atoms with E-state index in [1.165, 1.54) is 5.56 Å². The van der Waals surface area contributed by atoms with E-state index in [-0.39, 0.29) is 17.6 Å². The molecule has 0 aliphatic carbocycles. The van der Waals surface area contributed by atoms with Crippen LogP contribution in [0.3, 0.4) is 0 Å². The number of carbonyl (C=O) groups excluding carboxylic acids is 1. The minimum Gasteiger partial charge on any atom is -0.508 e. The third-order valence-electron chi connectivity index (χ3n) is 5.07. The van der Waals surface area contributed by atoms with Gasteiger partial charge in [-0.3, -0.25) is 4.79 Å². The highest BCUT2D eigenvalue weighted by Crippen LogP contribution is 2.36. The van der Waals surface area contributed by atoms with Gasteiger partial charge in [-0.1, -0.05) is 82.3 Å². The van der Waals surface area contributed by atoms with Crippen LogP contribution in [-0.4, -0.2) is 11.0 Å². The van der Waals surface area contributed by atoms with E-state index in [2.05, 4.69) is 43.4 Å². The van der Waals surface area contributed by atoms with Crippen LogP contribution >= 0.6 is 0 Å². The summed E-state index contributed by atoms with van der Waals surface area (Å²) in [7, 11) is 0. The molecule has 0 aliphatic rings. The summed E-state index contributed by atoms with van der Waals surface area (Å²) in [4.78, 5) is 12.6. The standard InChI is InChI=1S/C25H29NO2/c1-16(2)15-23(28)26-25(20-11-9-18(10-12-20)17(3)4)24-21-8-6-5-7-19(21)13-14-22(24)27/h5-14,16-17,25,27H,15H2,1-4H3,(H,26,28). The highest BCUT2D eigenvalue weighted by molar-refractivity contribution is 5.89. The van der Waals surface area contributed by atoms with Crippen molar-refractivity contribution in [3.63, 3.8) is 0 Å². The van der Waals surface area contributed by atoms with Gasteiger partial charge in [-0.05, 0) is 39.8 Å². The van der Waals surface area contributed by atoms with Crippen LogP contribution in [0.25, 0.3) is 10.8 Å². The molecular formula is C25H29NO2. The van der Waals surface area contributed by atoms with Crippen molar-refractivity contribution in [1.29, 1.82) is 0 Å². The van der Waals surface area contributed by atoms with Crippen LogP contribution in [0.15, 0.2) is 60.7 Å². The van der Waals surface area contributed by atoms with Crippen molar-refractivity contribution < 1.29 is 9.90 Å². The Morgan fingerprint density at radius 2 is 1.54 bits per heavy atom. The number of fused-ring (bicyclic) bond motifs is 1. The molecule has 0 bridgehead atoms. The molecule has 3 aromatic rings. The second-order valence-corrected chi connectivity index (χ2v) is 8.14. The molecule has 2 N–H and O–H groups in total. The van der Waals surface area contributed by atoms with E-state index in [0.717, 1.165) is 21.9 Å². The van der Waals surface area contributed by atoms with Crippen LogP contribution in [0.5, 0.6) is 5.75 Å². The molecule has 0 radical (unpaired) electrons. The first-order valence-corrected chi connectivity index (χ1v) is 9.96. The summed E-state index contributed by atoms with van der Waals surface area (Å²) < 4.78 is 0. The van der Waals surface area contributed by atoms with Crippen molar-refractivity contribution in [2.24, 2.45) is 5.92 Å². The van der Waals surface area contributed by atoms with Gasteiger partial charge in [0.1, 0.15) is 5.75 Å². The average Bonchev–Trinajstić information content (AvgIpc) is 2.66. The summed E-state index contributed by atoms with van der Waals surface area (Å²) in [5.41, 5.74) is 2.96. The summed E-state index contributed by atoms with van der Waals surface area (Å²) in [6.45, 7) is 8.38. The maximum absolute atomic E-state index is 12.6. The van der Waals surface area contributed by atoms with Gasteiger partial charge >= 0.3 is 0 Å². The number of carbonyl (C=O) groups is 1. The van der Waals surface area contributed by atoms with Crippen LogP contribution < -0.4 is 5.32 Å². The molecule has 0 aliphatic heterocycles. The Morgan fingerprint density at radius 3 is 2.18 bits per heavy atom. The number of hydrogen-bond donors (Lipinski definition) is 2. The van der Waals surface area contributed by atoms with Gasteiger partial charge in [-0.2, -0.15) is 0 Å². The molecular weight excluding hydrogens is 346 g/mol. The summed E-state index contributed by atoms with van der Waals surface area (Å²) in [5.74, 6) is 0.890. The van der Waals surface area contributed by atoms with E-state index in [9.17, 15) is 9.90 Å². The van der Waals surface area contributed by atoms with Crippen LogP contribution in [0.1, 0.15) is 62.8 Å². The molecule has 0 fully saturated rings. The molecule has 1 amide bonds. The number of hydrogen-bond acceptors (Lipinski definition) is 2. The fourth-order valence-electron chi connectivity index (χ4n) is 3.57. The SMILES string of the molecule is CC(C)CC(=O)NC(c1ccc(C(C)C)cc1)c1c(O)ccc2ccccc12. The lowest BCUT2D eigenvalue weighted by Crippen LogP contribution is -2.30. The Balaban J connectivity index is 2.11. The lowest BCUT2D eigenvalue weighted by Gasteiger charge is -2.23. The average molecular weight is 376 g/mol. The zero-order valence-electron chi connectivity index (χ0n) is 17.1. The summed E-state index contributed by atoms with van der Waals surface area (Å²) in [6.07, 6.45) is 0.451. The van der Waals surface area contributed by atoms with Crippen molar-refractivity contribution in [1.82, 2.24) is 5.32 Å². The van der Waals surface area contributed by atoms with E-state index in [4.69, 9.17) is 0 Å². The molecule has 146 valence electrons. The minimum absolute atomic E-state index is 0.0136. The number of benzene rings is 3. The Kier molecular flexibility index (Phi) is 6.03. The van der Waals surface area contributed by atoms with Crippen molar-refractivity contribution in [3.05, 3.63) is 77.4 Å². The molecule has 3 rings (SSSR count). The molecule has 28 heavy (non-hydrogen) atoms. The molecule has 0 aromatic heterocycles. The van der Waals surface area contributed by atoms with Gasteiger partial charge in [0.25, 0.3) is 0 Å². The predicted molar refractivity (Wildman–Crippen MR) is 116 cm³/mol. The maximum atomic E-state index is 12.6. The number of phenolic OH excluding ortho intramolecular Hbond substituents is 1. The maximum Gasteiger partial charge on any atom is 0.221 e. The van der Waals surface area contributed by atoms with E-state index in [1.54, 1.807) is 6.07 Å². The first-order valence-electron chi connectivity index (χ1n) is 9.96. The van der Waals surface area contributed by atoms with Gasteiger partial charge in [0, 0.05) is 12.0 Å². The van der Waals surface area contributed by atoms with Crippen molar-refractivity contribution in [2.45, 2.75) is 46.1 Å². The van der Waals surface area contributed by atoms with Gasteiger partial charge in [0.15, 0.2) is 0 Å². The van der Waals surface area contributed by atoms with E-state index < -0.39 is 6.04 Å². The van der Waals surface area contributed by atoms with Gasteiger partial charge in [-0.25, -0.2) is 0 Å². The normalized spacial score (nSPS) is 12.5. The van der Waals surface area contributed by atoms with Gasteiger partial charge in [-0.15, -0.1) is 0 Å². The van der Waals surface area contributed by atoms with E-state index >= 15 is 0 Å². The Bertz CT molecular complexity index is 958. The predicted octanol–water partition coefficient (Wildman–Crippen LogP) is 5.92. The number of phenols is 1. The third-order valence-corrected chi connectivity index (χ3v) is 5.07. The number of amides is 1. The molecule has 0 saturated heterocycles. The zero-order chi connectivity index (χ0) is 20.3. The molecule has 3 heteroatoms. The van der Waals surface area contributed by atoms with Gasteiger partial charge < -0.3 is 10.4 Å². The largest absolute Gasteiger partial charge is 0.508 e. The smallest absolute Gasteiger partial charge is 0.221 e. The second kappa shape index (κ2) is 8.47. The van der Waals surface area contributed by atoms with Crippen molar-refractivity contribution >= 4 is 16.7 Å². The second-order valence-electron chi connectivity index (χ2n) is 8.14. The van der Waals surface area contributed by atoms with Gasteiger partial charge in [0.05, 0.1) is 6.04 Å². The fraction of sp³-hybridized carbons (Fsp3) is 0.320. The quantitative estimate of drug-likeness (QED) is 0.562. The van der Waals surface area contributed by atoms with E-state index in [0.29, 0.717) is 12.3 Å². The van der Waals surface area contributed by atoms with Crippen molar-refractivity contribution in [2.75, 3.05) is 0 Å². The molecule has 1 atom stereocenters. The highest BCUT2D eigenvalue weighted by atomic mass is 16.3. The summed E-state index contributed by atoms with van der Waals surface area (Å²) >= 11 is 0. The fourth-order valence-corrected chi connectivity index (χ4v) is 3.57. The van der Waals surface area contributed by atoms with Gasteiger partial charge in [0.2, 0.25) is 5.91 Å². The Labute approximate surface area is 167 Å². The van der Waals surface area contributed by atoms with Crippen LogP contribution in [0.4, 0.5) is 0 Å². The molecule has 0 saturated carbocycles. The minimum atomic E-state index is -0.404. The molecule has 0 spiro atoms. The van der Waals surface area contributed by atoms with E-state index in [1.807, 2.05) is 44.2 Å². The van der Waals surface area contributed by atoms with Crippen LogP contribution in [0, 0.1) is 5.92 Å². The molecule has 3 nitrogen and oxygen atoms in total. The number of rotatable bonds is 6. The Morgan fingerprint density at radius 1 is 0.893 bits per heavy atom. The first kappa shape index (κ1) is 19.9. The summed E-state index contributed by atoms with van der Waals surface area (Å²) in [5, 5.41) is 15.9. The molecule has 0 heterocycles. The Hall–Kier alpha value is -2.81.